The summed E-state index contributed by atoms with van der Waals surface area (Å²) in [6, 6.07) is 16.6. The summed E-state index contributed by atoms with van der Waals surface area (Å²) in [4.78, 5) is 25.2. The van der Waals surface area contributed by atoms with Crippen molar-refractivity contribution in [3.05, 3.63) is 70.9 Å². The summed E-state index contributed by atoms with van der Waals surface area (Å²) >= 11 is 1.33. The molecule has 0 bridgehead atoms. The van der Waals surface area contributed by atoms with Crippen molar-refractivity contribution in [2.45, 2.75) is 45.8 Å². The van der Waals surface area contributed by atoms with Gasteiger partial charge in [-0.1, -0.05) is 48.2 Å². The van der Waals surface area contributed by atoms with E-state index in [1.807, 2.05) is 49.6 Å². The van der Waals surface area contributed by atoms with Crippen molar-refractivity contribution in [3.63, 3.8) is 0 Å². The van der Waals surface area contributed by atoms with Crippen molar-refractivity contribution in [2.24, 2.45) is 0 Å². The van der Waals surface area contributed by atoms with Gasteiger partial charge in [0.25, 0.3) is 0 Å². The van der Waals surface area contributed by atoms with Crippen LogP contribution in [0.4, 0.5) is 0 Å². The second-order valence-electron chi connectivity index (χ2n) is 8.40. The SMILES string of the molecule is CC(C)(C)OC(=O)Cn1c2c(c3cc(Cc4ccccc4)ccc31)CCSC2=O. The van der Waals surface area contributed by atoms with E-state index in [0.29, 0.717) is 5.69 Å². The van der Waals surface area contributed by atoms with Gasteiger partial charge in [-0.25, -0.2) is 0 Å². The summed E-state index contributed by atoms with van der Waals surface area (Å²) in [6.07, 6.45) is 1.67. The van der Waals surface area contributed by atoms with E-state index in [1.54, 1.807) is 0 Å². The van der Waals surface area contributed by atoms with Crippen LogP contribution < -0.4 is 0 Å². The molecule has 0 unspecified atom stereocenters. The number of esters is 1. The number of aryl methyl sites for hydroxylation is 1. The Hall–Kier alpha value is -2.53. The largest absolute Gasteiger partial charge is 0.459 e. The highest BCUT2D eigenvalue weighted by Gasteiger charge is 2.28. The summed E-state index contributed by atoms with van der Waals surface area (Å²) in [5.41, 5.74) is 4.53. The number of thioether (sulfide) groups is 1. The smallest absolute Gasteiger partial charge is 0.326 e. The second-order valence-corrected chi connectivity index (χ2v) is 9.47. The molecule has 2 aromatic carbocycles. The zero-order chi connectivity index (χ0) is 20.6. The molecule has 29 heavy (non-hydrogen) atoms. The monoisotopic (exact) mass is 407 g/mol. The highest BCUT2D eigenvalue weighted by molar-refractivity contribution is 8.14. The van der Waals surface area contributed by atoms with Gasteiger partial charge in [0.1, 0.15) is 17.8 Å². The van der Waals surface area contributed by atoms with Gasteiger partial charge in [0.2, 0.25) is 5.12 Å². The van der Waals surface area contributed by atoms with Gasteiger partial charge < -0.3 is 9.30 Å². The Kier molecular flexibility index (Phi) is 5.26. The molecule has 4 rings (SSSR count). The second kappa shape index (κ2) is 7.71. The Morgan fingerprint density at radius 2 is 1.86 bits per heavy atom. The molecular formula is C24H25NO3S. The van der Waals surface area contributed by atoms with E-state index >= 15 is 0 Å². The molecule has 1 aliphatic heterocycles. The molecule has 5 heteroatoms. The van der Waals surface area contributed by atoms with E-state index in [4.69, 9.17) is 4.74 Å². The first-order chi connectivity index (χ1) is 13.8. The molecule has 1 aliphatic rings. The molecule has 0 saturated heterocycles. The van der Waals surface area contributed by atoms with E-state index in [0.717, 1.165) is 35.1 Å². The van der Waals surface area contributed by atoms with E-state index < -0.39 is 5.60 Å². The molecule has 0 atom stereocenters. The number of hydrogen-bond acceptors (Lipinski definition) is 4. The number of carbonyl (C=O) groups excluding carboxylic acids is 2. The number of ether oxygens (including phenoxy) is 1. The first-order valence-electron chi connectivity index (χ1n) is 9.89. The molecule has 1 aromatic heterocycles. The van der Waals surface area contributed by atoms with Crippen LogP contribution in [0.5, 0.6) is 0 Å². The molecule has 0 fully saturated rings. The lowest BCUT2D eigenvalue weighted by Crippen LogP contribution is -2.27. The summed E-state index contributed by atoms with van der Waals surface area (Å²) in [5.74, 6) is 0.453. The van der Waals surface area contributed by atoms with Gasteiger partial charge in [0.05, 0.1) is 0 Å². The fraction of sp³-hybridized carbons (Fsp3) is 0.333. The maximum absolute atomic E-state index is 12.7. The molecule has 150 valence electrons. The molecule has 0 spiro atoms. The number of fused-ring (bicyclic) bond motifs is 3. The summed E-state index contributed by atoms with van der Waals surface area (Å²) in [7, 11) is 0. The van der Waals surface area contributed by atoms with Gasteiger partial charge in [-0.3, -0.25) is 9.59 Å². The lowest BCUT2D eigenvalue weighted by atomic mass is 10.0. The lowest BCUT2D eigenvalue weighted by Gasteiger charge is -2.20. The first-order valence-corrected chi connectivity index (χ1v) is 10.9. The van der Waals surface area contributed by atoms with Crippen molar-refractivity contribution in [3.8, 4) is 0 Å². The van der Waals surface area contributed by atoms with Gasteiger partial charge in [0, 0.05) is 16.7 Å². The minimum Gasteiger partial charge on any atom is -0.459 e. The number of hydrogen-bond donors (Lipinski definition) is 0. The van der Waals surface area contributed by atoms with E-state index in [2.05, 4.69) is 24.3 Å². The average molecular weight is 408 g/mol. The topological polar surface area (TPSA) is 48.3 Å². The molecule has 3 aromatic rings. The van der Waals surface area contributed by atoms with Gasteiger partial charge in [-0.2, -0.15) is 0 Å². The summed E-state index contributed by atoms with van der Waals surface area (Å²) in [6.45, 7) is 5.61. The molecule has 0 saturated carbocycles. The van der Waals surface area contributed by atoms with Crippen LogP contribution in [-0.2, 0) is 28.9 Å². The predicted molar refractivity (Wildman–Crippen MR) is 118 cm³/mol. The van der Waals surface area contributed by atoms with Crippen LogP contribution in [0.1, 0.15) is 48.0 Å². The number of nitrogens with zero attached hydrogens (tertiary/aromatic N) is 1. The molecule has 2 heterocycles. The Labute approximate surface area is 175 Å². The number of rotatable bonds is 4. The Balaban J connectivity index is 1.76. The minimum absolute atomic E-state index is 0.0376. The van der Waals surface area contributed by atoms with Gasteiger partial charge >= 0.3 is 5.97 Å². The maximum atomic E-state index is 12.7. The van der Waals surface area contributed by atoms with E-state index in [9.17, 15) is 9.59 Å². The molecule has 0 radical (unpaired) electrons. The van der Waals surface area contributed by atoms with Crippen molar-refractivity contribution in [2.75, 3.05) is 5.75 Å². The van der Waals surface area contributed by atoms with E-state index in [1.165, 1.54) is 22.9 Å². The number of carbonyl (C=O) groups is 2. The third-order valence-corrected chi connectivity index (χ3v) is 5.83. The normalized spacial score (nSPS) is 14.1. The van der Waals surface area contributed by atoms with Crippen LogP contribution in [0, 0.1) is 0 Å². The molecule has 0 aliphatic carbocycles. The van der Waals surface area contributed by atoms with Crippen LogP contribution in [-0.4, -0.2) is 27.0 Å². The first kappa shape index (κ1) is 19.8. The predicted octanol–water partition coefficient (Wildman–Crippen LogP) is 5.00. The molecule has 0 amide bonds. The minimum atomic E-state index is -0.554. The molecule has 4 nitrogen and oxygen atoms in total. The van der Waals surface area contributed by atoms with Gasteiger partial charge in [-0.05, 0) is 62.4 Å². The van der Waals surface area contributed by atoms with Gasteiger partial charge in [-0.15, -0.1) is 0 Å². The Morgan fingerprint density at radius 1 is 1.10 bits per heavy atom. The fourth-order valence-electron chi connectivity index (χ4n) is 3.88. The fourth-order valence-corrected chi connectivity index (χ4v) is 4.74. The zero-order valence-corrected chi connectivity index (χ0v) is 17.8. The Morgan fingerprint density at radius 3 is 2.59 bits per heavy atom. The standard InChI is InChI=1S/C24H25NO3S/c1-24(2,3)28-21(26)15-25-20-10-9-17(13-16-7-5-4-6-8-16)14-19(20)18-11-12-29-23(27)22(18)25/h4-10,14H,11-13,15H2,1-3H3. The van der Waals surface area contributed by atoms with Crippen LogP contribution >= 0.6 is 11.8 Å². The quantitative estimate of drug-likeness (QED) is 0.571. The van der Waals surface area contributed by atoms with Crippen molar-refractivity contribution < 1.29 is 14.3 Å². The van der Waals surface area contributed by atoms with Crippen LogP contribution in [0.25, 0.3) is 10.9 Å². The lowest BCUT2D eigenvalue weighted by molar-refractivity contribution is -0.155. The summed E-state index contributed by atoms with van der Waals surface area (Å²) in [5, 5.41) is 1.11. The van der Waals surface area contributed by atoms with Crippen LogP contribution in [0.2, 0.25) is 0 Å². The van der Waals surface area contributed by atoms with Crippen LogP contribution in [0.3, 0.4) is 0 Å². The van der Waals surface area contributed by atoms with Crippen molar-refractivity contribution in [1.29, 1.82) is 0 Å². The van der Waals surface area contributed by atoms with Gasteiger partial charge in [0.15, 0.2) is 0 Å². The molecule has 0 N–H and O–H groups in total. The third-order valence-electron chi connectivity index (χ3n) is 4.97. The van der Waals surface area contributed by atoms with E-state index in [-0.39, 0.29) is 17.6 Å². The number of aromatic nitrogens is 1. The Bertz CT molecular complexity index is 1080. The third kappa shape index (κ3) is 4.25. The molecular weight excluding hydrogens is 382 g/mol. The van der Waals surface area contributed by atoms with Crippen LogP contribution in [0.15, 0.2) is 48.5 Å². The highest BCUT2D eigenvalue weighted by Crippen LogP contribution is 2.35. The van der Waals surface area contributed by atoms with Crippen molar-refractivity contribution in [1.82, 2.24) is 4.57 Å². The number of benzene rings is 2. The summed E-state index contributed by atoms with van der Waals surface area (Å²) < 4.78 is 7.36. The highest BCUT2D eigenvalue weighted by atomic mass is 32.2. The average Bonchev–Trinajstić information content (AvgIpc) is 2.95. The maximum Gasteiger partial charge on any atom is 0.326 e. The van der Waals surface area contributed by atoms with Crippen molar-refractivity contribution >= 4 is 33.7 Å². The zero-order valence-electron chi connectivity index (χ0n) is 17.0.